The average molecular weight is 305 g/mol. The SMILES string of the molecule is COc1ccc(-c2csc(NC(=O)NC(C)(C)C)n2)cc1. The Labute approximate surface area is 128 Å². The quantitative estimate of drug-likeness (QED) is 0.908. The lowest BCUT2D eigenvalue weighted by molar-refractivity contribution is 0.244. The standard InChI is InChI=1S/C15H19N3O2S/c1-15(2,3)18-13(19)17-14-16-12(9-21-14)10-5-7-11(20-4)8-6-10/h5-9H,1-4H3,(H2,16,17,18,19). The van der Waals surface area contributed by atoms with E-state index in [1.807, 2.05) is 50.4 Å². The van der Waals surface area contributed by atoms with Crippen molar-refractivity contribution < 1.29 is 9.53 Å². The molecule has 2 rings (SSSR count). The van der Waals surface area contributed by atoms with Crippen LogP contribution in [0.25, 0.3) is 11.3 Å². The summed E-state index contributed by atoms with van der Waals surface area (Å²) >= 11 is 1.39. The molecule has 1 aromatic heterocycles. The summed E-state index contributed by atoms with van der Waals surface area (Å²) in [4.78, 5) is 16.2. The van der Waals surface area contributed by atoms with E-state index in [1.54, 1.807) is 7.11 Å². The van der Waals surface area contributed by atoms with Crippen LogP contribution >= 0.6 is 11.3 Å². The molecule has 21 heavy (non-hydrogen) atoms. The van der Waals surface area contributed by atoms with E-state index in [0.717, 1.165) is 17.0 Å². The van der Waals surface area contributed by atoms with Crippen LogP contribution in [0.5, 0.6) is 5.75 Å². The zero-order chi connectivity index (χ0) is 15.5. The Morgan fingerprint density at radius 2 is 1.90 bits per heavy atom. The number of rotatable bonds is 3. The van der Waals surface area contributed by atoms with E-state index in [0.29, 0.717) is 5.13 Å². The van der Waals surface area contributed by atoms with Gasteiger partial charge in [-0.05, 0) is 45.0 Å². The first-order valence-electron chi connectivity index (χ1n) is 6.56. The van der Waals surface area contributed by atoms with Gasteiger partial charge in [-0.3, -0.25) is 5.32 Å². The van der Waals surface area contributed by atoms with Crippen LogP contribution in [0.1, 0.15) is 20.8 Å². The molecule has 1 aromatic carbocycles. The number of anilines is 1. The summed E-state index contributed by atoms with van der Waals surface area (Å²) in [5, 5.41) is 8.06. The van der Waals surface area contributed by atoms with Crippen molar-refractivity contribution in [2.45, 2.75) is 26.3 Å². The van der Waals surface area contributed by atoms with E-state index in [4.69, 9.17) is 4.74 Å². The van der Waals surface area contributed by atoms with Gasteiger partial charge in [0, 0.05) is 16.5 Å². The van der Waals surface area contributed by atoms with Gasteiger partial charge in [-0.15, -0.1) is 11.3 Å². The van der Waals surface area contributed by atoms with Gasteiger partial charge in [0.1, 0.15) is 5.75 Å². The van der Waals surface area contributed by atoms with Gasteiger partial charge in [-0.1, -0.05) is 0 Å². The molecular weight excluding hydrogens is 286 g/mol. The lowest BCUT2D eigenvalue weighted by Crippen LogP contribution is -2.43. The number of thiazole rings is 1. The number of hydrogen-bond acceptors (Lipinski definition) is 4. The first-order chi connectivity index (χ1) is 9.87. The monoisotopic (exact) mass is 305 g/mol. The van der Waals surface area contributed by atoms with Gasteiger partial charge in [0.25, 0.3) is 0 Å². The second-order valence-corrected chi connectivity index (χ2v) is 6.45. The van der Waals surface area contributed by atoms with Gasteiger partial charge < -0.3 is 10.1 Å². The van der Waals surface area contributed by atoms with E-state index in [2.05, 4.69) is 15.6 Å². The molecule has 0 unspecified atom stereocenters. The highest BCUT2D eigenvalue weighted by Crippen LogP contribution is 2.26. The third-order valence-electron chi connectivity index (χ3n) is 2.60. The molecule has 0 bridgehead atoms. The molecule has 5 nitrogen and oxygen atoms in total. The van der Waals surface area contributed by atoms with E-state index in [9.17, 15) is 4.79 Å². The molecule has 2 aromatic rings. The zero-order valence-electron chi connectivity index (χ0n) is 12.6. The summed E-state index contributed by atoms with van der Waals surface area (Å²) in [7, 11) is 1.63. The predicted octanol–water partition coefficient (Wildman–Crippen LogP) is 3.74. The smallest absolute Gasteiger partial charge is 0.321 e. The number of urea groups is 1. The molecule has 0 aliphatic rings. The molecule has 0 atom stereocenters. The average Bonchev–Trinajstić information content (AvgIpc) is 2.85. The zero-order valence-corrected chi connectivity index (χ0v) is 13.4. The van der Waals surface area contributed by atoms with Gasteiger partial charge in [-0.2, -0.15) is 0 Å². The Morgan fingerprint density at radius 3 is 2.48 bits per heavy atom. The highest BCUT2D eigenvalue weighted by molar-refractivity contribution is 7.14. The molecule has 0 spiro atoms. The van der Waals surface area contributed by atoms with E-state index >= 15 is 0 Å². The van der Waals surface area contributed by atoms with Gasteiger partial charge in [0.15, 0.2) is 5.13 Å². The molecular formula is C15H19N3O2S. The number of hydrogen-bond donors (Lipinski definition) is 2. The second kappa shape index (κ2) is 6.13. The summed E-state index contributed by atoms with van der Waals surface area (Å²) in [5.74, 6) is 0.803. The lowest BCUT2D eigenvalue weighted by atomic mass is 10.1. The maximum atomic E-state index is 11.8. The Kier molecular flexibility index (Phi) is 4.47. The van der Waals surface area contributed by atoms with Crippen molar-refractivity contribution in [3.8, 4) is 17.0 Å². The van der Waals surface area contributed by atoms with Crippen LogP contribution in [0.15, 0.2) is 29.6 Å². The fourth-order valence-corrected chi connectivity index (χ4v) is 2.41. The molecule has 2 N–H and O–H groups in total. The van der Waals surface area contributed by atoms with Crippen molar-refractivity contribution >= 4 is 22.5 Å². The van der Waals surface area contributed by atoms with Crippen molar-refractivity contribution in [3.63, 3.8) is 0 Å². The van der Waals surface area contributed by atoms with Crippen LogP contribution in [0, 0.1) is 0 Å². The molecule has 2 amide bonds. The van der Waals surface area contributed by atoms with Crippen molar-refractivity contribution in [1.82, 2.24) is 10.3 Å². The summed E-state index contributed by atoms with van der Waals surface area (Å²) in [6.07, 6.45) is 0. The van der Waals surface area contributed by atoms with Crippen molar-refractivity contribution in [3.05, 3.63) is 29.6 Å². The topological polar surface area (TPSA) is 63.2 Å². The second-order valence-electron chi connectivity index (χ2n) is 5.60. The molecule has 0 saturated carbocycles. The first-order valence-corrected chi connectivity index (χ1v) is 7.44. The Morgan fingerprint density at radius 1 is 1.24 bits per heavy atom. The van der Waals surface area contributed by atoms with Crippen LogP contribution in [0.2, 0.25) is 0 Å². The summed E-state index contributed by atoms with van der Waals surface area (Å²) < 4.78 is 5.13. The Hall–Kier alpha value is -2.08. The van der Waals surface area contributed by atoms with Crippen LogP contribution in [0.3, 0.4) is 0 Å². The lowest BCUT2D eigenvalue weighted by Gasteiger charge is -2.20. The molecule has 1 heterocycles. The Balaban J connectivity index is 2.05. The number of nitrogens with zero attached hydrogens (tertiary/aromatic N) is 1. The summed E-state index contributed by atoms with van der Waals surface area (Å²) in [5.41, 5.74) is 1.53. The number of carbonyl (C=O) groups is 1. The van der Waals surface area contributed by atoms with Crippen LogP contribution < -0.4 is 15.4 Å². The minimum Gasteiger partial charge on any atom is -0.497 e. The molecule has 112 valence electrons. The van der Waals surface area contributed by atoms with E-state index in [-0.39, 0.29) is 11.6 Å². The van der Waals surface area contributed by atoms with Gasteiger partial charge in [0.2, 0.25) is 0 Å². The van der Waals surface area contributed by atoms with Crippen molar-refractivity contribution in [2.75, 3.05) is 12.4 Å². The summed E-state index contributed by atoms with van der Waals surface area (Å²) in [6.45, 7) is 5.78. The molecule has 6 heteroatoms. The number of benzene rings is 1. The number of amides is 2. The number of aromatic nitrogens is 1. The van der Waals surface area contributed by atoms with E-state index in [1.165, 1.54) is 11.3 Å². The van der Waals surface area contributed by atoms with Crippen molar-refractivity contribution in [1.29, 1.82) is 0 Å². The van der Waals surface area contributed by atoms with Gasteiger partial charge in [-0.25, -0.2) is 9.78 Å². The maximum absolute atomic E-state index is 11.8. The molecule has 0 radical (unpaired) electrons. The van der Waals surface area contributed by atoms with Gasteiger partial charge >= 0.3 is 6.03 Å². The molecule has 0 saturated heterocycles. The first kappa shape index (κ1) is 15.3. The number of ether oxygens (including phenoxy) is 1. The minimum atomic E-state index is -0.278. The third kappa shape index (κ3) is 4.46. The van der Waals surface area contributed by atoms with Gasteiger partial charge in [0.05, 0.1) is 12.8 Å². The summed E-state index contributed by atoms with van der Waals surface area (Å²) in [6, 6.07) is 7.39. The molecule has 0 fully saturated rings. The maximum Gasteiger partial charge on any atom is 0.321 e. The fourth-order valence-electron chi connectivity index (χ4n) is 1.69. The highest BCUT2D eigenvalue weighted by Gasteiger charge is 2.15. The largest absolute Gasteiger partial charge is 0.497 e. The van der Waals surface area contributed by atoms with Crippen LogP contribution in [-0.2, 0) is 0 Å². The van der Waals surface area contributed by atoms with Crippen molar-refractivity contribution in [2.24, 2.45) is 0 Å². The third-order valence-corrected chi connectivity index (χ3v) is 3.36. The van der Waals surface area contributed by atoms with E-state index < -0.39 is 0 Å². The number of carbonyl (C=O) groups excluding carboxylic acids is 1. The molecule has 0 aliphatic carbocycles. The highest BCUT2D eigenvalue weighted by atomic mass is 32.1. The van der Waals surface area contributed by atoms with Crippen LogP contribution in [0.4, 0.5) is 9.93 Å². The minimum absolute atomic E-state index is 0.252. The predicted molar refractivity (Wildman–Crippen MR) is 86.0 cm³/mol. The number of nitrogens with one attached hydrogen (secondary N) is 2. The Bertz CT molecular complexity index is 615. The fraction of sp³-hybridized carbons (Fsp3) is 0.333. The number of methoxy groups -OCH3 is 1. The van der Waals surface area contributed by atoms with Crippen LogP contribution in [-0.4, -0.2) is 23.7 Å². The normalized spacial score (nSPS) is 11.0. The molecule has 0 aliphatic heterocycles.